The van der Waals surface area contributed by atoms with Gasteiger partial charge in [-0.05, 0) is 45.0 Å². The number of aromatic hydroxyl groups is 1. The summed E-state index contributed by atoms with van der Waals surface area (Å²) in [6.45, 7) is 4.77. The zero-order valence-corrected chi connectivity index (χ0v) is 17.5. The summed E-state index contributed by atoms with van der Waals surface area (Å²) in [4.78, 5) is 43.8. The van der Waals surface area contributed by atoms with E-state index in [2.05, 4.69) is 10.3 Å². The Hall–Kier alpha value is -3.07. The van der Waals surface area contributed by atoms with E-state index in [1.807, 2.05) is 25.8 Å². The highest BCUT2D eigenvalue weighted by Gasteiger charge is 2.36. The normalized spacial score (nSPS) is 15.5. The van der Waals surface area contributed by atoms with Crippen LogP contribution in [0.3, 0.4) is 0 Å². The smallest absolute Gasteiger partial charge is 0.296 e. The molecule has 0 unspecified atom stereocenters. The molecule has 0 saturated carbocycles. The molecule has 0 spiro atoms. The standard InChI is InChI=1S/C21H25FN4O4/c1-21(2)20-24-16(17(28)19(30)26(20)10-9-25(21)4)15(27)8-6-12-5-7-13(22)11-14(12)18(29)23-3/h5,7,11,28H,6,8-10H2,1-4H3,(H,23,29). The largest absolute Gasteiger partial charge is 0.501 e. The fourth-order valence-corrected chi connectivity index (χ4v) is 3.59. The predicted molar refractivity (Wildman–Crippen MR) is 108 cm³/mol. The van der Waals surface area contributed by atoms with E-state index in [0.717, 1.165) is 6.07 Å². The first-order valence-corrected chi connectivity index (χ1v) is 9.67. The van der Waals surface area contributed by atoms with Gasteiger partial charge in [0.1, 0.15) is 11.6 Å². The quantitative estimate of drug-likeness (QED) is 0.715. The number of fused-ring (bicyclic) bond motifs is 1. The van der Waals surface area contributed by atoms with Crippen molar-refractivity contribution in [3.8, 4) is 5.75 Å². The van der Waals surface area contributed by atoms with Crippen molar-refractivity contribution in [3.05, 3.63) is 57.0 Å². The van der Waals surface area contributed by atoms with Crippen molar-refractivity contribution in [1.82, 2.24) is 19.8 Å². The number of hydrogen-bond acceptors (Lipinski definition) is 6. The molecule has 2 aromatic rings. The van der Waals surface area contributed by atoms with Crippen LogP contribution in [-0.4, -0.2) is 51.9 Å². The Labute approximate surface area is 173 Å². The fourth-order valence-electron chi connectivity index (χ4n) is 3.59. The Morgan fingerprint density at radius 2 is 2.00 bits per heavy atom. The summed E-state index contributed by atoms with van der Waals surface area (Å²) in [6, 6.07) is 3.77. The minimum Gasteiger partial charge on any atom is -0.501 e. The number of Topliss-reactive ketones (excluding diaryl/α,β-unsaturated/α-hetero) is 1. The number of carbonyl (C=O) groups is 2. The highest BCUT2D eigenvalue weighted by Crippen LogP contribution is 2.29. The van der Waals surface area contributed by atoms with Crippen LogP contribution in [-0.2, 0) is 18.5 Å². The van der Waals surface area contributed by atoms with Gasteiger partial charge in [-0.2, -0.15) is 0 Å². The molecular formula is C21H25FN4O4. The molecular weight excluding hydrogens is 391 g/mol. The highest BCUT2D eigenvalue weighted by molar-refractivity contribution is 5.98. The highest BCUT2D eigenvalue weighted by atomic mass is 19.1. The molecule has 30 heavy (non-hydrogen) atoms. The number of amides is 1. The second-order valence-corrected chi connectivity index (χ2v) is 7.87. The lowest BCUT2D eigenvalue weighted by Crippen LogP contribution is -2.50. The van der Waals surface area contributed by atoms with Gasteiger partial charge in [-0.3, -0.25) is 23.9 Å². The van der Waals surface area contributed by atoms with Gasteiger partial charge in [-0.15, -0.1) is 0 Å². The van der Waals surface area contributed by atoms with Gasteiger partial charge >= 0.3 is 0 Å². The summed E-state index contributed by atoms with van der Waals surface area (Å²) in [5.74, 6) is -1.80. The van der Waals surface area contributed by atoms with Gasteiger partial charge in [0.05, 0.1) is 5.54 Å². The molecule has 160 valence electrons. The number of ketones is 1. The molecule has 1 aromatic carbocycles. The maximum atomic E-state index is 13.5. The van der Waals surface area contributed by atoms with Crippen molar-refractivity contribution in [1.29, 1.82) is 0 Å². The molecule has 0 saturated heterocycles. The summed E-state index contributed by atoms with van der Waals surface area (Å²) >= 11 is 0. The number of likely N-dealkylation sites (N-methyl/N-ethyl adjacent to an activating group) is 1. The van der Waals surface area contributed by atoms with E-state index in [4.69, 9.17) is 0 Å². The average Bonchev–Trinajstić information content (AvgIpc) is 2.71. The maximum Gasteiger partial charge on any atom is 0.296 e. The molecule has 8 nitrogen and oxygen atoms in total. The van der Waals surface area contributed by atoms with Crippen LogP contribution in [0.15, 0.2) is 23.0 Å². The Kier molecular flexibility index (Phi) is 5.76. The minimum absolute atomic E-state index is 0.102. The number of aryl methyl sites for hydroxylation is 1. The average molecular weight is 416 g/mol. The third-order valence-electron chi connectivity index (χ3n) is 5.74. The van der Waals surface area contributed by atoms with Gasteiger partial charge in [-0.1, -0.05) is 6.07 Å². The summed E-state index contributed by atoms with van der Waals surface area (Å²) in [5.41, 5.74) is -0.895. The van der Waals surface area contributed by atoms with Crippen LogP contribution in [0.2, 0.25) is 0 Å². The first-order chi connectivity index (χ1) is 14.1. The molecule has 1 aromatic heterocycles. The Balaban J connectivity index is 1.93. The van der Waals surface area contributed by atoms with Crippen LogP contribution < -0.4 is 10.9 Å². The van der Waals surface area contributed by atoms with Crippen molar-refractivity contribution in [2.45, 2.75) is 38.8 Å². The molecule has 3 rings (SSSR count). The summed E-state index contributed by atoms with van der Waals surface area (Å²) in [5, 5.41) is 12.8. The summed E-state index contributed by atoms with van der Waals surface area (Å²) in [6.07, 6.45) is 0.0278. The first kappa shape index (κ1) is 21.6. The molecule has 2 heterocycles. The van der Waals surface area contributed by atoms with E-state index in [-0.39, 0.29) is 24.1 Å². The molecule has 0 bridgehead atoms. The fraction of sp³-hybridized carbons (Fsp3) is 0.429. The Bertz CT molecular complexity index is 1080. The van der Waals surface area contributed by atoms with Crippen LogP contribution in [0.4, 0.5) is 4.39 Å². The Morgan fingerprint density at radius 3 is 2.67 bits per heavy atom. The number of hydrogen-bond donors (Lipinski definition) is 2. The first-order valence-electron chi connectivity index (χ1n) is 9.67. The van der Waals surface area contributed by atoms with E-state index in [9.17, 15) is 23.9 Å². The van der Waals surface area contributed by atoms with E-state index in [1.165, 1.54) is 23.7 Å². The van der Waals surface area contributed by atoms with E-state index in [1.54, 1.807) is 0 Å². The molecule has 1 amide bonds. The van der Waals surface area contributed by atoms with Gasteiger partial charge < -0.3 is 10.4 Å². The third-order valence-corrected chi connectivity index (χ3v) is 5.74. The third kappa shape index (κ3) is 3.72. The molecule has 0 radical (unpaired) electrons. The summed E-state index contributed by atoms with van der Waals surface area (Å²) in [7, 11) is 3.34. The number of nitrogens with zero attached hydrogens (tertiary/aromatic N) is 3. The molecule has 0 atom stereocenters. The van der Waals surface area contributed by atoms with Crippen molar-refractivity contribution in [2.75, 3.05) is 20.6 Å². The minimum atomic E-state index is -0.672. The zero-order chi connectivity index (χ0) is 22.2. The molecule has 1 aliphatic rings. The van der Waals surface area contributed by atoms with Crippen LogP contribution in [0.1, 0.15) is 52.5 Å². The second kappa shape index (κ2) is 7.98. The van der Waals surface area contributed by atoms with Gasteiger partial charge in [-0.25, -0.2) is 9.37 Å². The zero-order valence-electron chi connectivity index (χ0n) is 17.5. The molecule has 0 fully saturated rings. The lowest BCUT2D eigenvalue weighted by Gasteiger charge is -2.40. The van der Waals surface area contributed by atoms with Gasteiger partial charge in [0.15, 0.2) is 11.5 Å². The second-order valence-electron chi connectivity index (χ2n) is 7.87. The van der Waals surface area contributed by atoms with Gasteiger partial charge in [0, 0.05) is 32.1 Å². The van der Waals surface area contributed by atoms with Crippen molar-refractivity contribution >= 4 is 11.7 Å². The molecule has 1 aliphatic heterocycles. The van der Waals surface area contributed by atoms with Crippen LogP contribution in [0, 0.1) is 5.82 Å². The number of aromatic nitrogens is 2. The lowest BCUT2D eigenvalue weighted by atomic mass is 9.97. The number of carbonyl (C=O) groups excluding carboxylic acids is 2. The van der Waals surface area contributed by atoms with Crippen molar-refractivity contribution in [3.63, 3.8) is 0 Å². The molecule has 0 aliphatic carbocycles. The molecule has 9 heteroatoms. The van der Waals surface area contributed by atoms with E-state index in [0.29, 0.717) is 24.5 Å². The van der Waals surface area contributed by atoms with Crippen molar-refractivity contribution < 1.29 is 19.1 Å². The number of rotatable bonds is 5. The van der Waals surface area contributed by atoms with Crippen molar-refractivity contribution in [2.24, 2.45) is 0 Å². The monoisotopic (exact) mass is 416 g/mol. The van der Waals surface area contributed by atoms with Crippen LogP contribution in [0.25, 0.3) is 0 Å². The Morgan fingerprint density at radius 1 is 1.30 bits per heavy atom. The summed E-state index contributed by atoms with van der Waals surface area (Å²) < 4.78 is 14.9. The van der Waals surface area contributed by atoms with Crippen LogP contribution >= 0.6 is 0 Å². The topological polar surface area (TPSA) is 105 Å². The number of nitrogens with one attached hydrogen (secondary N) is 1. The maximum absolute atomic E-state index is 13.5. The number of halogens is 1. The van der Waals surface area contributed by atoms with Gasteiger partial charge in [0.25, 0.3) is 11.5 Å². The van der Waals surface area contributed by atoms with Gasteiger partial charge in [0.2, 0.25) is 5.75 Å². The SMILES string of the molecule is CNC(=O)c1cc(F)ccc1CCC(=O)c1nc2n(c(=O)c1O)CCN(C)C2(C)C. The lowest BCUT2D eigenvalue weighted by molar-refractivity contribution is 0.0938. The van der Waals surface area contributed by atoms with E-state index >= 15 is 0 Å². The van der Waals surface area contributed by atoms with E-state index < -0.39 is 34.4 Å². The predicted octanol–water partition coefficient (Wildman–Crippen LogP) is 1.44. The van der Waals surface area contributed by atoms with Crippen LogP contribution in [0.5, 0.6) is 5.75 Å². The molecule has 2 N–H and O–H groups in total. The number of benzene rings is 1.